The molecule has 1 fully saturated rings. The van der Waals surface area contributed by atoms with Gasteiger partial charge in [0.1, 0.15) is 0 Å². The minimum absolute atomic E-state index is 0.103. The third-order valence-corrected chi connectivity index (χ3v) is 7.17. The number of para-hydroxylation sites is 1. The smallest absolute Gasteiger partial charge is 0.243 e. The van der Waals surface area contributed by atoms with Gasteiger partial charge in [-0.15, -0.1) is 0 Å². The summed E-state index contributed by atoms with van der Waals surface area (Å²) in [6, 6.07) is 13.5. The van der Waals surface area contributed by atoms with Crippen molar-refractivity contribution in [2.75, 3.05) is 25.5 Å². The maximum atomic E-state index is 12.9. The lowest BCUT2D eigenvalue weighted by molar-refractivity contribution is -0.120. The molecule has 160 valence electrons. The highest BCUT2D eigenvalue weighted by atomic mass is 32.2. The molecule has 0 bridgehead atoms. The highest BCUT2D eigenvalue weighted by molar-refractivity contribution is 7.89. The number of nitrogens with zero attached hydrogens (tertiary/aromatic N) is 1. The normalized spacial score (nSPS) is 15.7. The van der Waals surface area contributed by atoms with Gasteiger partial charge >= 0.3 is 0 Å². The molecule has 0 aromatic heterocycles. The van der Waals surface area contributed by atoms with E-state index in [0.717, 1.165) is 5.56 Å². The summed E-state index contributed by atoms with van der Waals surface area (Å²) >= 11 is 0. The number of Topliss-reactive ketones (excluding diaryl/α,β-unsaturated/α-hetero) is 1. The van der Waals surface area contributed by atoms with E-state index in [1.807, 2.05) is 24.3 Å². The summed E-state index contributed by atoms with van der Waals surface area (Å²) < 4.78 is 32.4. The molecule has 0 saturated carbocycles. The molecule has 1 aliphatic heterocycles. The number of benzene rings is 2. The summed E-state index contributed by atoms with van der Waals surface area (Å²) in [4.78, 5) is 24.4. The summed E-state index contributed by atoms with van der Waals surface area (Å²) in [5.74, 6) is -0.569. The molecule has 8 heteroatoms. The van der Waals surface area contributed by atoms with Gasteiger partial charge in [-0.3, -0.25) is 9.59 Å². The van der Waals surface area contributed by atoms with Crippen LogP contribution in [-0.2, 0) is 26.2 Å². The second kappa shape index (κ2) is 9.51. The van der Waals surface area contributed by atoms with Crippen molar-refractivity contribution in [1.82, 2.24) is 4.31 Å². The molecule has 0 radical (unpaired) electrons. The molecular weight excluding hydrogens is 404 g/mol. The predicted octanol–water partition coefficient (Wildman–Crippen LogP) is 3.08. The summed E-state index contributed by atoms with van der Waals surface area (Å²) in [6.07, 6.45) is 0.869. The van der Waals surface area contributed by atoms with E-state index in [2.05, 4.69) is 5.32 Å². The lowest BCUT2D eigenvalue weighted by Crippen LogP contribution is -2.41. The fourth-order valence-corrected chi connectivity index (χ4v) is 5.06. The third-order valence-electron chi connectivity index (χ3n) is 5.28. The number of rotatable bonds is 7. The Morgan fingerprint density at radius 2 is 1.80 bits per heavy atom. The zero-order valence-electron chi connectivity index (χ0n) is 17.1. The number of anilines is 1. The van der Waals surface area contributed by atoms with E-state index in [-0.39, 0.29) is 35.6 Å². The molecule has 2 aromatic carbocycles. The van der Waals surface area contributed by atoms with Crippen molar-refractivity contribution in [3.63, 3.8) is 0 Å². The molecule has 1 aliphatic rings. The van der Waals surface area contributed by atoms with E-state index >= 15 is 0 Å². The Morgan fingerprint density at radius 1 is 1.10 bits per heavy atom. The number of amides is 1. The van der Waals surface area contributed by atoms with Crippen LogP contribution in [0, 0.1) is 5.92 Å². The van der Waals surface area contributed by atoms with Gasteiger partial charge < -0.3 is 10.1 Å². The Balaban J connectivity index is 1.65. The number of piperidine rings is 1. The number of sulfonamides is 1. The van der Waals surface area contributed by atoms with Crippen molar-refractivity contribution in [1.29, 1.82) is 0 Å². The van der Waals surface area contributed by atoms with Gasteiger partial charge in [0.05, 0.1) is 11.5 Å². The zero-order valence-corrected chi connectivity index (χ0v) is 17.9. The van der Waals surface area contributed by atoms with Crippen LogP contribution in [0.5, 0.6) is 0 Å². The van der Waals surface area contributed by atoms with Crippen molar-refractivity contribution >= 4 is 27.4 Å². The van der Waals surface area contributed by atoms with E-state index in [4.69, 9.17) is 4.74 Å². The Bertz CT molecular complexity index is 1030. The number of carbonyl (C=O) groups excluding carboxylic acids is 2. The highest BCUT2D eigenvalue weighted by Gasteiger charge is 2.32. The van der Waals surface area contributed by atoms with Gasteiger partial charge in [-0.25, -0.2) is 8.42 Å². The lowest BCUT2D eigenvalue weighted by Gasteiger charge is -2.30. The fraction of sp³-hybridized carbons (Fsp3) is 0.364. The second-order valence-corrected chi connectivity index (χ2v) is 9.28. The van der Waals surface area contributed by atoms with Gasteiger partial charge in [-0.2, -0.15) is 4.31 Å². The van der Waals surface area contributed by atoms with Gasteiger partial charge in [0.2, 0.25) is 15.9 Å². The fourth-order valence-electron chi connectivity index (χ4n) is 3.54. The Kier molecular flexibility index (Phi) is 7.02. The van der Waals surface area contributed by atoms with Crippen LogP contribution < -0.4 is 5.32 Å². The van der Waals surface area contributed by atoms with E-state index < -0.39 is 10.0 Å². The Hall–Kier alpha value is -2.55. The SMILES string of the molecule is COCc1ccccc1NC(=O)C1CCN(S(=O)(=O)c2cccc(C(C)=O)c2)CC1. The molecule has 7 nitrogen and oxygen atoms in total. The van der Waals surface area contributed by atoms with Crippen molar-refractivity contribution < 1.29 is 22.7 Å². The molecule has 1 heterocycles. The van der Waals surface area contributed by atoms with Crippen molar-refractivity contribution in [2.45, 2.75) is 31.3 Å². The van der Waals surface area contributed by atoms with E-state index in [1.165, 1.54) is 23.4 Å². The highest BCUT2D eigenvalue weighted by Crippen LogP contribution is 2.26. The maximum absolute atomic E-state index is 12.9. The van der Waals surface area contributed by atoms with E-state index in [0.29, 0.717) is 30.7 Å². The van der Waals surface area contributed by atoms with E-state index in [9.17, 15) is 18.0 Å². The number of hydrogen-bond acceptors (Lipinski definition) is 5. The molecule has 3 rings (SSSR count). The van der Waals surface area contributed by atoms with Crippen LogP contribution in [0.4, 0.5) is 5.69 Å². The standard InChI is InChI=1S/C22H26N2O5S/c1-16(25)18-7-5-8-20(14-18)30(27,28)24-12-10-17(11-13-24)22(26)23-21-9-4-3-6-19(21)15-29-2/h3-9,14,17H,10-13,15H2,1-2H3,(H,23,26). The van der Waals surface area contributed by atoms with Crippen molar-refractivity contribution in [3.8, 4) is 0 Å². The Morgan fingerprint density at radius 3 is 2.47 bits per heavy atom. The first-order valence-corrected chi connectivity index (χ1v) is 11.3. The largest absolute Gasteiger partial charge is 0.380 e. The predicted molar refractivity (Wildman–Crippen MR) is 114 cm³/mol. The van der Waals surface area contributed by atoms with Crippen LogP contribution in [0.3, 0.4) is 0 Å². The molecule has 1 amide bonds. The van der Waals surface area contributed by atoms with Gasteiger partial charge in [0.15, 0.2) is 5.78 Å². The average Bonchev–Trinajstić information content (AvgIpc) is 2.75. The van der Waals surface area contributed by atoms with Gasteiger partial charge in [0, 0.05) is 42.9 Å². The maximum Gasteiger partial charge on any atom is 0.243 e. The quantitative estimate of drug-likeness (QED) is 0.682. The molecule has 0 aliphatic carbocycles. The molecule has 0 unspecified atom stereocenters. The number of nitrogens with one attached hydrogen (secondary N) is 1. The molecule has 0 atom stereocenters. The third kappa shape index (κ3) is 4.95. The first-order chi connectivity index (χ1) is 14.3. The number of carbonyl (C=O) groups is 2. The van der Waals surface area contributed by atoms with Crippen LogP contribution in [0.25, 0.3) is 0 Å². The number of hydrogen-bond donors (Lipinski definition) is 1. The molecule has 1 N–H and O–H groups in total. The minimum atomic E-state index is -3.71. The van der Waals surface area contributed by atoms with Crippen LogP contribution in [0.1, 0.15) is 35.7 Å². The monoisotopic (exact) mass is 430 g/mol. The summed E-state index contributed by atoms with van der Waals surface area (Å²) in [7, 11) is -2.11. The summed E-state index contributed by atoms with van der Waals surface area (Å²) in [6.45, 7) is 2.31. The topological polar surface area (TPSA) is 92.8 Å². The number of ether oxygens (including phenoxy) is 1. The molecule has 30 heavy (non-hydrogen) atoms. The van der Waals surface area contributed by atoms with Gasteiger partial charge in [-0.05, 0) is 38.0 Å². The van der Waals surface area contributed by atoms with Crippen molar-refractivity contribution in [2.24, 2.45) is 5.92 Å². The summed E-state index contributed by atoms with van der Waals surface area (Å²) in [5.41, 5.74) is 1.96. The van der Waals surface area contributed by atoms with Crippen LogP contribution >= 0.6 is 0 Å². The molecule has 0 spiro atoms. The molecule has 2 aromatic rings. The number of ketones is 1. The number of methoxy groups -OCH3 is 1. The van der Waals surface area contributed by atoms with Crippen LogP contribution in [0.2, 0.25) is 0 Å². The zero-order chi connectivity index (χ0) is 21.7. The first kappa shape index (κ1) is 22.1. The van der Waals surface area contributed by atoms with E-state index in [1.54, 1.807) is 19.2 Å². The molecular formula is C22H26N2O5S. The lowest BCUT2D eigenvalue weighted by atomic mass is 9.97. The first-order valence-electron chi connectivity index (χ1n) is 9.82. The van der Waals surface area contributed by atoms with Crippen molar-refractivity contribution in [3.05, 3.63) is 59.7 Å². The molecule has 1 saturated heterocycles. The second-order valence-electron chi connectivity index (χ2n) is 7.34. The van der Waals surface area contributed by atoms with Gasteiger partial charge in [-0.1, -0.05) is 30.3 Å². The minimum Gasteiger partial charge on any atom is -0.380 e. The van der Waals surface area contributed by atoms with Crippen LogP contribution in [0.15, 0.2) is 53.4 Å². The average molecular weight is 431 g/mol. The van der Waals surface area contributed by atoms with Gasteiger partial charge in [0.25, 0.3) is 0 Å². The van der Waals surface area contributed by atoms with Crippen LogP contribution in [-0.4, -0.2) is 44.6 Å². The Labute approximate surface area is 177 Å². The summed E-state index contributed by atoms with van der Waals surface area (Å²) in [5, 5.41) is 2.95.